The minimum Gasteiger partial charge on any atom is -0.318 e. The van der Waals surface area contributed by atoms with E-state index in [0.717, 1.165) is 6.54 Å². The van der Waals surface area contributed by atoms with E-state index in [0.29, 0.717) is 0 Å². The van der Waals surface area contributed by atoms with Crippen molar-refractivity contribution in [3.05, 3.63) is 35.5 Å². The molecule has 62 valence electrons. The maximum atomic E-state index is 6.07. The van der Waals surface area contributed by atoms with Gasteiger partial charge in [-0.2, -0.15) is 0 Å². The highest BCUT2D eigenvalue weighted by atomic mass is 14.8. The minimum atomic E-state index is -0.309. The molecule has 0 spiro atoms. The lowest BCUT2D eigenvalue weighted by atomic mass is 9.82. The highest BCUT2D eigenvalue weighted by Crippen LogP contribution is 2.28. The van der Waals surface area contributed by atoms with Crippen LogP contribution in [-0.2, 0) is 0 Å². The molecule has 2 aliphatic rings. The second-order valence-corrected chi connectivity index (χ2v) is 3.40. The number of fused-ring (bicyclic) bond motifs is 1. The van der Waals surface area contributed by atoms with Gasteiger partial charge in [0.1, 0.15) is 0 Å². The zero-order valence-electron chi connectivity index (χ0n) is 7.12. The number of rotatable bonds is 0. The summed E-state index contributed by atoms with van der Waals surface area (Å²) in [5.74, 6) is 0. The van der Waals surface area contributed by atoms with Gasteiger partial charge >= 0.3 is 0 Å². The van der Waals surface area contributed by atoms with Crippen LogP contribution in [-0.4, -0.2) is 18.3 Å². The quantitative estimate of drug-likeness (QED) is 0.568. The summed E-state index contributed by atoms with van der Waals surface area (Å²) in [7, 11) is 0. The minimum absolute atomic E-state index is 0.309. The van der Waals surface area contributed by atoms with Crippen LogP contribution in [0.5, 0.6) is 0 Å². The summed E-state index contributed by atoms with van der Waals surface area (Å²) in [6.07, 6.45) is 9.93. The van der Waals surface area contributed by atoms with Crippen LogP contribution in [0.15, 0.2) is 40.4 Å². The Labute approximate surface area is 72.2 Å². The molecular weight excluding hydrogens is 148 g/mol. The van der Waals surface area contributed by atoms with Crippen LogP contribution in [0.3, 0.4) is 0 Å². The molecule has 0 saturated heterocycles. The molecule has 1 unspecified atom stereocenters. The average molecular weight is 160 g/mol. The summed E-state index contributed by atoms with van der Waals surface area (Å²) >= 11 is 0. The molecule has 0 fully saturated rings. The Morgan fingerprint density at radius 1 is 1.50 bits per heavy atom. The molecule has 1 atom stereocenters. The van der Waals surface area contributed by atoms with Gasteiger partial charge in [0.2, 0.25) is 0 Å². The third-order valence-corrected chi connectivity index (χ3v) is 2.27. The van der Waals surface area contributed by atoms with Crippen molar-refractivity contribution in [3.8, 4) is 0 Å². The fraction of sp³-hybridized carbons (Fsp3) is 0.300. The molecule has 0 amide bonds. The van der Waals surface area contributed by atoms with Crippen LogP contribution in [0.4, 0.5) is 0 Å². The first kappa shape index (κ1) is 7.50. The van der Waals surface area contributed by atoms with Gasteiger partial charge in [0, 0.05) is 6.21 Å². The summed E-state index contributed by atoms with van der Waals surface area (Å²) in [5.41, 5.74) is 8.20. The SMILES string of the molecule is CC1(N)C=CC=C2CN=CC=C21. The summed E-state index contributed by atoms with van der Waals surface area (Å²) in [5, 5.41) is 0. The first-order chi connectivity index (χ1) is 5.70. The van der Waals surface area contributed by atoms with Crippen LogP contribution in [0.1, 0.15) is 6.92 Å². The van der Waals surface area contributed by atoms with Crippen LogP contribution in [0.25, 0.3) is 0 Å². The fourth-order valence-corrected chi connectivity index (χ4v) is 1.59. The first-order valence-electron chi connectivity index (χ1n) is 4.08. The van der Waals surface area contributed by atoms with Crippen molar-refractivity contribution >= 4 is 6.21 Å². The van der Waals surface area contributed by atoms with Crippen molar-refractivity contribution < 1.29 is 0 Å². The number of dihydropyridines is 1. The molecule has 0 bridgehead atoms. The summed E-state index contributed by atoms with van der Waals surface area (Å²) < 4.78 is 0. The van der Waals surface area contributed by atoms with Gasteiger partial charge in [0.15, 0.2) is 0 Å². The average Bonchev–Trinajstić information content (AvgIpc) is 2.04. The third kappa shape index (κ3) is 1.04. The van der Waals surface area contributed by atoms with Crippen LogP contribution >= 0.6 is 0 Å². The number of aliphatic imine (C=N–C) groups is 1. The van der Waals surface area contributed by atoms with Gasteiger partial charge in [-0.25, -0.2) is 0 Å². The van der Waals surface area contributed by atoms with Crippen LogP contribution in [0.2, 0.25) is 0 Å². The zero-order chi connectivity index (χ0) is 8.60. The molecule has 0 aromatic carbocycles. The number of allylic oxidation sites excluding steroid dienone is 3. The molecule has 0 saturated carbocycles. The Balaban J connectivity index is 2.48. The van der Waals surface area contributed by atoms with Gasteiger partial charge in [0.05, 0.1) is 12.1 Å². The predicted molar refractivity (Wildman–Crippen MR) is 51.3 cm³/mol. The Kier molecular flexibility index (Phi) is 1.51. The van der Waals surface area contributed by atoms with Crippen molar-refractivity contribution in [3.63, 3.8) is 0 Å². The third-order valence-electron chi connectivity index (χ3n) is 2.27. The van der Waals surface area contributed by atoms with E-state index in [1.54, 1.807) is 0 Å². The van der Waals surface area contributed by atoms with Gasteiger partial charge in [-0.15, -0.1) is 0 Å². The van der Waals surface area contributed by atoms with E-state index in [-0.39, 0.29) is 5.54 Å². The molecule has 0 aromatic heterocycles. The lowest BCUT2D eigenvalue weighted by Gasteiger charge is -2.29. The van der Waals surface area contributed by atoms with E-state index >= 15 is 0 Å². The number of nitrogens with two attached hydrogens (primary N) is 1. The summed E-state index contributed by atoms with van der Waals surface area (Å²) in [6, 6.07) is 0. The van der Waals surface area contributed by atoms with E-state index in [2.05, 4.69) is 11.1 Å². The lowest BCUT2D eigenvalue weighted by molar-refractivity contribution is 0.682. The molecule has 12 heavy (non-hydrogen) atoms. The van der Waals surface area contributed by atoms with E-state index in [1.807, 2.05) is 31.4 Å². The topological polar surface area (TPSA) is 38.4 Å². The molecular formula is C10H12N2. The highest BCUT2D eigenvalue weighted by Gasteiger charge is 2.26. The van der Waals surface area contributed by atoms with Crippen LogP contribution in [0, 0.1) is 0 Å². The number of hydrogen-bond donors (Lipinski definition) is 1. The van der Waals surface area contributed by atoms with Gasteiger partial charge in [0.25, 0.3) is 0 Å². The summed E-state index contributed by atoms with van der Waals surface area (Å²) in [4.78, 5) is 4.17. The Morgan fingerprint density at radius 2 is 2.33 bits per heavy atom. The normalized spacial score (nSPS) is 32.5. The smallest absolute Gasteiger partial charge is 0.0643 e. The number of hydrogen-bond acceptors (Lipinski definition) is 2. The second-order valence-electron chi connectivity index (χ2n) is 3.40. The maximum absolute atomic E-state index is 6.07. The van der Waals surface area contributed by atoms with Gasteiger partial charge in [-0.05, 0) is 24.1 Å². The molecule has 1 aliphatic heterocycles. The molecule has 2 rings (SSSR count). The number of nitrogens with zero attached hydrogens (tertiary/aromatic N) is 1. The lowest BCUT2D eigenvalue weighted by Crippen LogP contribution is -2.39. The van der Waals surface area contributed by atoms with Crippen molar-refractivity contribution in [1.82, 2.24) is 0 Å². The Morgan fingerprint density at radius 3 is 3.08 bits per heavy atom. The van der Waals surface area contributed by atoms with E-state index in [4.69, 9.17) is 5.73 Å². The van der Waals surface area contributed by atoms with Crippen molar-refractivity contribution in [2.75, 3.05) is 6.54 Å². The standard InChI is InChI=1S/C10H12N2/c1-10(11)5-2-3-8-7-12-6-4-9(8)10/h2-6H,7,11H2,1H3. The van der Waals surface area contributed by atoms with E-state index < -0.39 is 0 Å². The van der Waals surface area contributed by atoms with Crippen molar-refractivity contribution in [2.45, 2.75) is 12.5 Å². The van der Waals surface area contributed by atoms with E-state index in [9.17, 15) is 0 Å². The van der Waals surface area contributed by atoms with E-state index in [1.165, 1.54) is 11.1 Å². The molecule has 0 aromatic rings. The molecule has 2 N–H and O–H groups in total. The summed E-state index contributed by atoms with van der Waals surface area (Å²) in [6.45, 7) is 2.78. The van der Waals surface area contributed by atoms with Crippen LogP contribution < -0.4 is 5.73 Å². The van der Waals surface area contributed by atoms with Gasteiger partial charge in [-0.3, -0.25) is 4.99 Å². The fourth-order valence-electron chi connectivity index (χ4n) is 1.59. The Hall–Kier alpha value is -1.15. The molecule has 2 nitrogen and oxygen atoms in total. The highest BCUT2D eigenvalue weighted by molar-refractivity contribution is 5.78. The molecule has 1 aliphatic carbocycles. The zero-order valence-corrected chi connectivity index (χ0v) is 7.12. The maximum Gasteiger partial charge on any atom is 0.0643 e. The largest absolute Gasteiger partial charge is 0.318 e. The molecule has 2 heteroatoms. The Bertz CT molecular complexity index is 317. The van der Waals surface area contributed by atoms with Gasteiger partial charge < -0.3 is 5.73 Å². The first-order valence-corrected chi connectivity index (χ1v) is 4.08. The molecule has 0 radical (unpaired) electrons. The van der Waals surface area contributed by atoms with Gasteiger partial charge in [-0.1, -0.05) is 18.2 Å². The van der Waals surface area contributed by atoms with Crippen molar-refractivity contribution in [2.24, 2.45) is 10.7 Å². The monoisotopic (exact) mass is 160 g/mol. The molecule has 1 heterocycles. The van der Waals surface area contributed by atoms with Crippen molar-refractivity contribution in [1.29, 1.82) is 0 Å². The second kappa shape index (κ2) is 2.42. The predicted octanol–water partition coefficient (Wildman–Crippen LogP) is 1.21.